The van der Waals surface area contributed by atoms with E-state index in [2.05, 4.69) is 15.5 Å². The average molecular weight is 387 g/mol. The molecule has 6 nitrogen and oxygen atoms in total. The molecule has 1 amide bonds. The fraction of sp³-hybridized carbons (Fsp3) is 0.211. The molecule has 0 aliphatic carbocycles. The van der Waals surface area contributed by atoms with E-state index in [-0.39, 0.29) is 22.8 Å². The Balaban J connectivity index is 1.57. The van der Waals surface area contributed by atoms with E-state index < -0.39 is 5.25 Å². The number of benzene rings is 2. The van der Waals surface area contributed by atoms with E-state index in [1.165, 1.54) is 12.1 Å². The Morgan fingerprint density at radius 3 is 2.70 bits per heavy atom. The Morgan fingerprint density at radius 1 is 1.22 bits per heavy atom. The topological polar surface area (TPSA) is 77.2 Å². The van der Waals surface area contributed by atoms with Gasteiger partial charge in [0.1, 0.15) is 11.6 Å². The predicted octanol–water partition coefficient (Wildman–Crippen LogP) is 3.68. The van der Waals surface area contributed by atoms with E-state index >= 15 is 0 Å². The number of hydrogen-bond donors (Lipinski definition) is 1. The van der Waals surface area contributed by atoms with Crippen molar-refractivity contribution in [3.05, 3.63) is 59.9 Å². The fourth-order valence-corrected chi connectivity index (χ4v) is 3.05. The molecule has 27 heavy (non-hydrogen) atoms. The maximum absolute atomic E-state index is 13.0. The van der Waals surface area contributed by atoms with Gasteiger partial charge >= 0.3 is 0 Å². The van der Waals surface area contributed by atoms with Crippen molar-refractivity contribution in [2.45, 2.75) is 23.9 Å². The molecule has 3 aromatic rings. The van der Waals surface area contributed by atoms with Gasteiger partial charge in [-0.25, -0.2) is 4.39 Å². The number of ether oxygens (including phenoxy) is 1. The summed E-state index contributed by atoms with van der Waals surface area (Å²) in [6.07, 6.45) is 0. The van der Waals surface area contributed by atoms with Gasteiger partial charge in [0, 0.05) is 17.7 Å². The molecule has 0 aliphatic rings. The lowest BCUT2D eigenvalue weighted by Crippen LogP contribution is -2.30. The molecule has 1 atom stereocenters. The van der Waals surface area contributed by atoms with Gasteiger partial charge in [0.05, 0.1) is 12.4 Å². The van der Waals surface area contributed by atoms with Crippen molar-refractivity contribution in [2.24, 2.45) is 0 Å². The van der Waals surface area contributed by atoms with E-state index in [9.17, 15) is 9.18 Å². The SMILES string of the molecule is COc1ccccc1CNC(=O)[C@@H](C)Sc1nnc(-c2ccc(F)cc2)o1. The first kappa shape index (κ1) is 18.9. The smallest absolute Gasteiger partial charge is 0.277 e. The first-order valence-corrected chi connectivity index (χ1v) is 9.10. The average Bonchev–Trinajstić information content (AvgIpc) is 3.15. The van der Waals surface area contributed by atoms with Gasteiger partial charge in [-0.2, -0.15) is 0 Å². The molecule has 0 radical (unpaired) electrons. The van der Waals surface area contributed by atoms with Crippen molar-refractivity contribution < 1.29 is 18.3 Å². The second-order valence-corrected chi connectivity index (χ2v) is 6.96. The second kappa shape index (κ2) is 8.68. The lowest BCUT2D eigenvalue weighted by molar-refractivity contribution is -0.120. The van der Waals surface area contributed by atoms with Crippen LogP contribution in [0.2, 0.25) is 0 Å². The number of hydrogen-bond acceptors (Lipinski definition) is 6. The quantitative estimate of drug-likeness (QED) is 0.623. The van der Waals surface area contributed by atoms with Gasteiger partial charge in [-0.3, -0.25) is 4.79 Å². The number of aromatic nitrogens is 2. The number of nitrogens with zero attached hydrogens (tertiary/aromatic N) is 2. The Kier molecular flexibility index (Phi) is 6.08. The number of amides is 1. The van der Waals surface area contributed by atoms with Gasteiger partial charge in [-0.15, -0.1) is 10.2 Å². The van der Waals surface area contributed by atoms with Crippen LogP contribution >= 0.6 is 11.8 Å². The van der Waals surface area contributed by atoms with Crippen LogP contribution in [0, 0.1) is 5.82 Å². The number of rotatable bonds is 7. The maximum Gasteiger partial charge on any atom is 0.277 e. The second-order valence-electron chi connectivity index (χ2n) is 5.67. The minimum atomic E-state index is -0.429. The number of methoxy groups -OCH3 is 1. The van der Waals surface area contributed by atoms with Crippen LogP contribution in [0.25, 0.3) is 11.5 Å². The highest BCUT2D eigenvalue weighted by Crippen LogP contribution is 2.26. The van der Waals surface area contributed by atoms with Gasteiger partial charge in [-0.1, -0.05) is 30.0 Å². The number of para-hydroxylation sites is 1. The summed E-state index contributed by atoms with van der Waals surface area (Å²) in [5.74, 6) is 0.499. The molecule has 0 saturated carbocycles. The van der Waals surface area contributed by atoms with Gasteiger partial charge in [0.2, 0.25) is 11.8 Å². The zero-order valence-corrected chi connectivity index (χ0v) is 15.6. The molecule has 0 unspecified atom stereocenters. The number of nitrogens with one attached hydrogen (secondary N) is 1. The lowest BCUT2D eigenvalue weighted by atomic mass is 10.2. The van der Waals surface area contributed by atoms with Crippen LogP contribution in [0.4, 0.5) is 4.39 Å². The van der Waals surface area contributed by atoms with Crippen LogP contribution < -0.4 is 10.1 Å². The highest BCUT2D eigenvalue weighted by Gasteiger charge is 2.19. The van der Waals surface area contributed by atoms with E-state index in [1.54, 1.807) is 26.2 Å². The predicted molar refractivity (Wildman–Crippen MR) is 99.9 cm³/mol. The summed E-state index contributed by atoms with van der Waals surface area (Å²) in [7, 11) is 1.59. The first-order chi connectivity index (χ1) is 13.1. The number of thioether (sulfide) groups is 1. The maximum atomic E-state index is 13.0. The monoisotopic (exact) mass is 387 g/mol. The van der Waals surface area contributed by atoms with Crippen molar-refractivity contribution in [1.29, 1.82) is 0 Å². The summed E-state index contributed by atoms with van der Waals surface area (Å²) in [6.45, 7) is 2.11. The molecule has 3 rings (SSSR count). The van der Waals surface area contributed by atoms with Crippen LogP contribution in [0.15, 0.2) is 58.2 Å². The van der Waals surface area contributed by atoms with Crippen LogP contribution in [0.3, 0.4) is 0 Å². The summed E-state index contributed by atoms with van der Waals surface area (Å²) in [5.41, 5.74) is 1.51. The van der Waals surface area contributed by atoms with Crippen LogP contribution in [0.1, 0.15) is 12.5 Å². The van der Waals surface area contributed by atoms with Gasteiger partial charge < -0.3 is 14.5 Å². The molecular formula is C19H18FN3O3S. The molecule has 1 aromatic heterocycles. The van der Waals surface area contributed by atoms with Crippen LogP contribution in [-0.2, 0) is 11.3 Å². The van der Waals surface area contributed by atoms with Crippen molar-refractivity contribution in [2.75, 3.05) is 7.11 Å². The Bertz CT molecular complexity index is 915. The van der Waals surface area contributed by atoms with Crippen LogP contribution in [-0.4, -0.2) is 28.5 Å². The molecule has 140 valence electrons. The molecule has 0 bridgehead atoms. The van der Waals surface area contributed by atoms with Gasteiger partial charge in [0.15, 0.2) is 0 Å². The molecule has 0 aliphatic heterocycles. The largest absolute Gasteiger partial charge is 0.496 e. The molecule has 8 heteroatoms. The van der Waals surface area contributed by atoms with Crippen LogP contribution in [0.5, 0.6) is 5.75 Å². The molecule has 1 heterocycles. The lowest BCUT2D eigenvalue weighted by Gasteiger charge is -2.12. The molecule has 2 aromatic carbocycles. The Hall–Kier alpha value is -2.87. The van der Waals surface area contributed by atoms with Gasteiger partial charge in [0.25, 0.3) is 5.22 Å². The molecule has 1 N–H and O–H groups in total. The molecule has 0 fully saturated rings. The van der Waals surface area contributed by atoms with E-state index in [1.807, 2.05) is 24.3 Å². The first-order valence-electron chi connectivity index (χ1n) is 8.22. The molecule has 0 spiro atoms. The highest BCUT2D eigenvalue weighted by atomic mass is 32.2. The highest BCUT2D eigenvalue weighted by molar-refractivity contribution is 8.00. The van der Waals surface area contributed by atoms with E-state index in [0.717, 1.165) is 23.1 Å². The summed E-state index contributed by atoms with van der Waals surface area (Å²) < 4.78 is 23.8. The Labute approximate surface area is 160 Å². The third-order valence-electron chi connectivity index (χ3n) is 3.79. The molecular weight excluding hydrogens is 369 g/mol. The van der Waals surface area contributed by atoms with Crippen molar-refractivity contribution in [1.82, 2.24) is 15.5 Å². The minimum absolute atomic E-state index is 0.160. The fourth-order valence-electron chi connectivity index (χ4n) is 2.35. The Morgan fingerprint density at radius 2 is 1.96 bits per heavy atom. The zero-order valence-electron chi connectivity index (χ0n) is 14.8. The molecule has 0 saturated heterocycles. The standard InChI is InChI=1S/C19H18FN3O3S/c1-12(17(24)21-11-14-5-3-4-6-16(14)25-2)27-19-23-22-18(26-19)13-7-9-15(20)10-8-13/h3-10,12H,11H2,1-2H3,(H,21,24)/t12-/m1/s1. The van der Waals surface area contributed by atoms with Crippen molar-refractivity contribution in [3.63, 3.8) is 0 Å². The summed E-state index contributed by atoms with van der Waals surface area (Å²) in [5, 5.41) is 10.6. The van der Waals surface area contributed by atoms with E-state index in [0.29, 0.717) is 12.1 Å². The number of carbonyl (C=O) groups is 1. The summed E-state index contributed by atoms with van der Waals surface area (Å²) in [6, 6.07) is 13.2. The third kappa shape index (κ3) is 4.85. The van der Waals surface area contributed by atoms with Crippen molar-refractivity contribution in [3.8, 4) is 17.2 Å². The van der Waals surface area contributed by atoms with Crippen molar-refractivity contribution >= 4 is 17.7 Å². The van der Waals surface area contributed by atoms with E-state index in [4.69, 9.17) is 9.15 Å². The summed E-state index contributed by atoms with van der Waals surface area (Å²) >= 11 is 1.16. The minimum Gasteiger partial charge on any atom is -0.496 e. The normalized spacial score (nSPS) is 11.8. The third-order valence-corrected chi connectivity index (χ3v) is 4.72. The number of carbonyl (C=O) groups excluding carboxylic acids is 1. The van der Waals surface area contributed by atoms with Gasteiger partial charge in [-0.05, 0) is 37.3 Å². The summed E-state index contributed by atoms with van der Waals surface area (Å²) in [4.78, 5) is 12.3. The number of halogens is 1. The zero-order chi connectivity index (χ0) is 19.2.